The Morgan fingerprint density at radius 3 is 2.25 bits per heavy atom. The average Bonchev–Trinajstić information content (AvgIpc) is 2.44. The molecule has 1 rings (SSSR count). The summed E-state index contributed by atoms with van der Waals surface area (Å²) in [6, 6.07) is 7.88. The third-order valence-corrected chi connectivity index (χ3v) is 3.40. The number of nitrogens with one attached hydrogen (secondary N) is 2. The molecule has 0 aliphatic carbocycles. The zero-order valence-electron chi connectivity index (χ0n) is 13.1. The zero-order chi connectivity index (χ0) is 15.1. The number of rotatable bonds is 7. The van der Waals surface area contributed by atoms with Crippen LogP contribution in [0.5, 0.6) is 5.75 Å². The van der Waals surface area contributed by atoms with E-state index in [2.05, 4.69) is 24.5 Å². The van der Waals surface area contributed by atoms with E-state index in [1.54, 1.807) is 7.11 Å². The first-order valence-corrected chi connectivity index (χ1v) is 7.08. The third-order valence-electron chi connectivity index (χ3n) is 3.40. The van der Waals surface area contributed by atoms with Gasteiger partial charge in [0, 0.05) is 12.5 Å². The van der Waals surface area contributed by atoms with E-state index in [0.717, 1.165) is 11.3 Å². The van der Waals surface area contributed by atoms with Gasteiger partial charge in [-0.2, -0.15) is 0 Å². The van der Waals surface area contributed by atoms with Gasteiger partial charge in [0.15, 0.2) is 0 Å². The number of carbonyl (C=O) groups is 1. The second-order valence-electron chi connectivity index (χ2n) is 5.46. The lowest BCUT2D eigenvalue weighted by molar-refractivity contribution is -0.125. The fourth-order valence-electron chi connectivity index (χ4n) is 2.14. The Morgan fingerprint density at radius 1 is 1.20 bits per heavy atom. The molecule has 0 aliphatic rings. The van der Waals surface area contributed by atoms with Gasteiger partial charge in [-0.3, -0.25) is 4.79 Å². The topological polar surface area (TPSA) is 50.4 Å². The minimum absolute atomic E-state index is 0.0210. The number of amides is 1. The number of ether oxygens (including phenoxy) is 1. The largest absolute Gasteiger partial charge is 0.497 e. The predicted molar refractivity (Wildman–Crippen MR) is 81.8 cm³/mol. The van der Waals surface area contributed by atoms with Gasteiger partial charge >= 0.3 is 0 Å². The fourth-order valence-corrected chi connectivity index (χ4v) is 2.14. The molecule has 0 aromatic heterocycles. The molecule has 2 N–H and O–H groups in total. The van der Waals surface area contributed by atoms with Crippen molar-refractivity contribution in [1.29, 1.82) is 0 Å². The highest BCUT2D eigenvalue weighted by Gasteiger charge is 2.21. The highest BCUT2D eigenvalue weighted by molar-refractivity contribution is 5.79. The van der Waals surface area contributed by atoms with Crippen LogP contribution in [0.25, 0.3) is 0 Å². The van der Waals surface area contributed by atoms with Gasteiger partial charge in [0.25, 0.3) is 0 Å². The summed E-state index contributed by atoms with van der Waals surface area (Å²) in [5.41, 5.74) is 1.10. The van der Waals surface area contributed by atoms with Gasteiger partial charge in [0.1, 0.15) is 5.75 Å². The predicted octanol–water partition coefficient (Wildman–Crippen LogP) is 2.36. The Labute approximate surface area is 121 Å². The van der Waals surface area contributed by atoms with Gasteiger partial charge in [0.2, 0.25) is 5.91 Å². The van der Waals surface area contributed by atoms with Crippen molar-refractivity contribution in [3.05, 3.63) is 29.8 Å². The summed E-state index contributed by atoms with van der Waals surface area (Å²) in [7, 11) is 3.50. The van der Waals surface area contributed by atoms with E-state index >= 15 is 0 Å². The molecule has 112 valence electrons. The van der Waals surface area contributed by atoms with Crippen molar-refractivity contribution in [1.82, 2.24) is 10.6 Å². The maximum atomic E-state index is 12.2. The molecule has 0 aliphatic heterocycles. The Kier molecular flexibility index (Phi) is 6.52. The highest BCUT2D eigenvalue weighted by atomic mass is 16.5. The Balaban J connectivity index is 2.80. The van der Waals surface area contributed by atoms with Crippen molar-refractivity contribution in [3.8, 4) is 5.75 Å². The number of carbonyl (C=O) groups excluding carboxylic acids is 1. The molecule has 2 unspecified atom stereocenters. The van der Waals surface area contributed by atoms with Crippen LogP contribution in [0.1, 0.15) is 32.4 Å². The van der Waals surface area contributed by atoms with Crippen LogP contribution in [0.15, 0.2) is 24.3 Å². The van der Waals surface area contributed by atoms with Crippen LogP contribution in [-0.2, 0) is 4.79 Å². The van der Waals surface area contributed by atoms with Crippen LogP contribution in [-0.4, -0.2) is 26.6 Å². The third kappa shape index (κ3) is 4.53. The molecule has 0 fully saturated rings. The summed E-state index contributed by atoms with van der Waals surface area (Å²) in [5.74, 6) is 1.19. The highest BCUT2D eigenvalue weighted by Crippen LogP contribution is 2.24. The maximum Gasteiger partial charge on any atom is 0.224 e. The molecule has 0 heterocycles. The van der Waals surface area contributed by atoms with E-state index < -0.39 is 0 Å². The molecule has 0 radical (unpaired) electrons. The van der Waals surface area contributed by atoms with Gasteiger partial charge in [-0.05, 0) is 30.7 Å². The summed E-state index contributed by atoms with van der Waals surface area (Å²) >= 11 is 0. The van der Waals surface area contributed by atoms with Gasteiger partial charge in [-0.1, -0.05) is 32.9 Å². The lowest BCUT2D eigenvalue weighted by atomic mass is 9.95. The molecule has 1 aromatic rings. The van der Waals surface area contributed by atoms with Crippen LogP contribution in [0.4, 0.5) is 0 Å². The van der Waals surface area contributed by atoms with Crippen molar-refractivity contribution >= 4 is 5.91 Å². The van der Waals surface area contributed by atoms with Gasteiger partial charge < -0.3 is 15.4 Å². The lowest BCUT2D eigenvalue weighted by Crippen LogP contribution is -2.38. The SMILES string of the molecule is CNCC(C)C(=O)NC(c1ccc(OC)cc1)C(C)C. The summed E-state index contributed by atoms with van der Waals surface area (Å²) in [6.07, 6.45) is 0. The van der Waals surface area contributed by atoms with Crippen LogP contribution in [0.2, 0.25) is 0 Å². The second kappa shape index (κ2) is 7.90. The normalized spacial score (nSPS) is 13.9. The quantitative estimate of drug-likeness (QED) is 0.805. The van der Waals surface area contributed by atoms with Gasteiger partial charge in [-0.25, -0.2) is 0 Å². The summed E-state index contributed by atoms with van der Waals surface area (Å²) in [4.78, 5) is 12.2. The van der Waals surface area contributed by atoms with Crippen molar-refractivity contribution in [2.75, 3.05) is 20.7 Å². The van der Waals surface area contributed by atoms with Crippen LogP contribution >= 0.6 is 0 Å². The van der Waals surface area contributed by atoms with Crippen LogP contribution in [0, 0.1) is 11.8 Å². The number of methoxy groups -OCH3 is 1. The van der Waals surface area contributed by atoms with E-state index in [9.17, 15) is 4.79 Å². The molecular weight excluding hydrogens is 252 g/mol. The number of hydrogen-bond donors (Lipinski definition) is 2. The first-order valence-electron chi connectivity index (χ1n) is 7.08. The van der Waals surface area contributed by atoms with Crippen molar-refractivity contribution in [3.63, 3.8) is 0 Å². The zero-order valence-corrected chi connectivity index (χ0v) is 13.1. The minimum atomic E-state index is -0.0421. The van der Waals surface area contributed by atoms with E-state index in [0.29, 0.717) is 12.5 Å². The van der Waals surface area contributed by atoms with E-state index in [-0.39, 0.29) is 17.9 Å². The smallest absolute Gasteiger partial charge is 0.224 e. The molecular formula is C16H26N2O2. The van der Waals surface area contributed by atoms with Gasteiger partial charge in [-0.15, -0.1) is 0 Å². The summed E-state index contributed by atoms with van der Waals surface area (Å²) < 4.78 is 5.17. The lowest BCUT2D eigenvalue weighted by Gasteiger charge is -2.25. The molecule has 4 nitrogen and oxygen atoms in total. The number of hydrogen-bond acceptors (Lipinski definition) is 3. The molecule has 2 atom stereocenters. The first kappa shape index (κ1) is 16.5. The monoisotopic (exact) mass is 278 g/mol. The molecule has 0 spiro atoms. The molecule has 4 heteroatoms. The number of benzene rings is 1. The standard InChI is InChI=1S/C16H26N2O2/c1-11(2)15(18-16(19)12(3)10-17-4)13-6-8-14(20-5)9-7-13/h6-9,11-12,15,17H,10H2,1-5H3,(H,18,19). The van der Waals surface area contributed by atoms with Crippen molar-refractivity contribution < 1.29 is 9.53 Å². The van der Waals surface area contributed by atoms with Crippen molar-refractivity contribution in [2.24, 2.45) is 11.8 Å². The molecule has 0 saturated carbocycles. The minimum Gasteiger partial charge on any atom is -0.497 e. The first-order chi connectivity index (χ1) is 9.49. The Morgan fingerprint density at radius 2 is 1.80 bits per heavy atom. The Bertz CT molecular complexity index is 415. The average molecular weight is 278 g/mol. The molecule has 0 bridgehead atoms. The fraction of sp³-hybridized carbons (Fsp3) is 0.562. The van der Waals surface area contributed by atoms with E-state index in [1.807, 2.05) is 38.2 Å². The maximum absolute atomic E-state index is 12.2. The summed E-state index contributed by atoms with van der Waals surface area (Å²) in [5, 5.41) is 6.16. The molecule has 20 heavy (non-hydrogen) atoms. The Hall–Kier alpha value is -1.55. The summed E-state index contributed by atoms with van der Waals surface area (Å²) in [6.45, 7) is 6.83. The van der Waals surface area contributed by atoms with Crippen LogP contribution < -0.4 is 15.4 Å². The van der Waals surface area contributed by atoms with Gasteiger partial charge in [0.05, 0.1) is 13.2 Å². The van der Waals surface area contributed by atoms with E-state index in [1.165, 1.54) is 0 Å². The molecule has 1 aromatic carbocycles. The van der Waals surface area contributed by atoms with E-state index in [4.69, 9.17) is 4.74 Å². The van der Waals surface area contributed by atoms with Crippen LogP contribution in [0.3, 0.4) is 0 Å². The van der Waals surface area contributed by atoms with Crippen molar-refractivity contribution in [2.45, 2.75) is 26.8 Å². The second-order valence-corrected chi connectivity index (χ2v) is 5.46. The molecule has 0 saturated heterocycles. The molecule has 1 amide bonds.